The third-order valence-electron chi connectivity index (χ3n) is 7.36. The van der Waals surface area contributed by atoms with Gasteiger partial charge in [-0.05, 0) is 48.4 Å². The molecular formula is C30H31ClFN5O4. The maximum atomic E-state index is 15.9. The number of aromatic nitrogens is 2. The largest absolute Gasteiger partial charge is 0.477 e. The van der Waals surface area contributed by atoms with E-state index in [9.17, 15) is 14.7 Å². The number of carboxylic acids is 1. The van der Waals surface area contributed by atoms with Gasteiger partial charge in [0.2, 0.25) is 5.43 Å². The molecular weight excluding hydrogens is 549 g/mol. The normalized spacial score (nSPS) is 19.1. The number of carboxylic acid groups (broad SMARTS) is 1. The lowest BCUT2D eigenvalue weighted by Gasteiger charge is -2.38. The molecule has 1 N–H and O–H groups in total. The highest BCUT2D eigenvalue weighted by Crippen LogP contribution is 2.26. The number of anilines is 1. The van der Waals surface area contributed by atoms with Crippen LogP contribution in [0.1, 0.15) is 16.8 Å². The van der Waals surface area contributed by atoms with Crippen LogP contribution in [0.15, 0.2) is 76.8 Å². The lowest BCUT2D eigenvalue weighted by Crippen LogP contribution is -2.48. The van der Waals surface area contributed by atoms with E-state index in [0.717, 1.165) is 17.5 Å². The molecule has 1 unspecified atom stereocenters. The molecule has 2 aromatic rings. The second-order valence-corrected chi connectivity index (χ2v) is 10.4. The van der Waals surface area contributed by atoms with Gasteiger partial charge in [-0.3, -0.25) is 4.79 Å². The Labute approximate surface area is 241 Å². The summed E-state index contributed by atoms with van der Waals surface area (Å²) < 4.78 is 17.5. The lowest BCUT2D eigenvalue weighted by molar-refractivity contribution is -0.101. The summed E-state index contributed by atoms with van der Waals surface area (Å²) >= 11 is 6.85. The molecule has 2 aromatic heterocycles. The SMILES string of the molecule is CON(C)CC1=CC=C(n2cc(C(=O)O)c(=O)c3c2=CC(Cl)C(N2CCN(c4ccccn4)CC2)=C(F)C=3)C=CC1. The van der Waals surface area contributed by atoms with Gasteiger partial charge in [0.1, 0.15) is 17.2 Å². The van der Waals surface area contributed by atoms with Gasteiger partial charge in [-0.1, -0.05) is 18.2 Å². The summed E-state index contributed by atoms with van der Waals surface area (Å²) in [6.07, 6.45) is 14.0. The van der Waals surface area contributed by atoms with E-state index in [2.05, 4.69) is 9.88 Å². The quantitative estimate of drug-likeness (QED) is 0.395. The van der Waals surface area contributed by atoms with Gasteiger partial charge in [-0.2, -0.15) is 5.06 Å². The van der Waals surface area contributed by atoms with E-state index in [1.807, 2.05) is 54.5 Å². The fourth-order valence-electron chi connectivity index (χ4n) is 5.20. The molecule has 1 fully saturated rings. The summed E-state index contributed by atoms with van der Waals surface area (Å²) in [6.45, 7) is 2.81. The van der Waals surface area contributed by atoms with Crippen LogP contribution in [-0.4, -0.2) is 82.8 Å². The Morgan fingerprint density at radius 3 is 2.66 bits per heavy atom. The number of aromatic carboxylic acids is 1. The van der Waals surface area contributed by atoms with Crippen LogP contribution in [0, 0.1) is 0 Å². The molecule has 0 radical (unpaired) electrons. The highest BCUT2D eigenvalue weighted by Gasteiger charge is 2.28. The molecule has 1 saturated heterocycles. The standard InChI is InChI=1S/C30H31ClFN5O4/c1-34(41-2)18-20-6-5-7-21(10-9-20)37-19-23(30(39)40)29(38)22-16-25(32)28(24(31)17-26(22)37)36-14-12-35(13-15-36)27-8-3-4-11-33-27/h3-5,7-11,16-17,19,24H,6,12-15,18H2,1-2H3,(H,39,40). The third kappa shape index (κ3) is 6.04. The average Bonchev–Trinajstić information content (AvgIpc) is 3.28. The van der Waals surface area contributed by atoms with Crippen molar-refractivity contribution in [2.45, 2.75) is 11.8 Å². The van der Waals surface area contributed by atoms with Crippen molar-refractivity contribution in [3.05, 3.63) is 98.3 Å². The summed E-state index contributed by atoms with van der Waals surface area (Å²) in [7, 11) is 3.41. The van der Waals surface area contributed by atoms with Gasteiger partial charge in [0, 0.05) is 63.1 Å². The molecule has 3 heterocycles. The highest BCUT2D eigenvalue weighted by atomic mass is 35.5. The topological polar surface area (TPSA) is 91.1 Å². The Morgan fingerprint density at radius 1 is 1.22 bits per heavy atom. The minimum atomic E-state index is -1.39. The fourth-order valence-corrected chi connectivity index (χ4v) is 5.56. The first-order chi connectivity index (χ1) is 19.8. The van der Waals surface area contributed by atoms with Crippen molar-refractivity contribution >= 4 is 41.2 Å². The second-order valence-electron chi connectivity index (χ2n) is 9.95. The zero-order chi connectivity index (χ0) is 29.1. The van der Waals surface area contributed by atoms with Gasteiger partial charge in [-0.25, -0.2) is 14.2 Å². The molecule has 0 amide bonds. The number of allylic oxidation sites excluding steroid dienone is 7. The molecule has 41 heavy (non-hydrogen) atoms. The number of hydrogen-bond donors (Lipinski definition) is 1. The molecule has 0 bridgehead atoms. The molecule has 1 aliphatic heterocycles. The number of piperazine rings is 1. The number of nitrogens with zero attached hydrogens (tertiary/aromatic N) is 5. The van der Waals surface area contributed by atoms with E-state index in [1.165, 1.54) is 6.20 Å². The van der Waals surface area contributed by atoms with E-state index in [-0.39, 0.29) is 10.9 Å². The first kappa shape index (κ1) is 28.5. The monoisotopic (exact) mass is 579 g/mol. The minimum absolute atomic E-state index is 0.0583. The number of hydrogen-bond acceptors (Lipinski definition) is 7. The number of alkyl halides is 1. The molecule has 11 heteroatoms. The van der Waals surface area contributed by atoms with Crippen LogP contribution >= 0.6 is 11.6 Å². The zero-order valence-corrected chi connectivity index (χ0v) is 23.6. The predicted octanol–water partition coefficient (Wildman–Crippen LogP) is 2.35. The van der Waals surface area contributed by atoms with Gasteiger partial charge in [-0.15, -0.1) is 11.6 Å². The van der Waals surface area contributed by atoms with Crippen LogP contribution in [0.4, 0.5) is 10.2 Å². The molecule has 1 atom stereocenters. The van der Waals surface area contributed by atoms with Crippen LogP contribution in [-0.2, 0) is 4.84 Å². The maximum absolute atomic E-state index is 15.9. The summed E-state index contributed by atoms with van der Waals surface area (Å²) in [5.74, 6) is -1.20. The van der Waals surface area contributed by atoms with E-state index in [4.69, 9.17) is 16.4 Å². The Morgan fingerprint density at radius 2 is 1.98 bits per heavy atom. The first-order valence-corrected chi connectivity index (χ1v) is 13.7. The summed E-state index contributed by atoms with van der Waals surface area (Å²) in [4.78, 5) is 39.0. The number of likely N-dealkylation sites (N-methyl/N-ethyl adjacent to an activating group) is 1. The zero-order valence-electron chi connectivity index (χ0n) is 22.8. The maximum Gasteiger partial charge on any atom is 0.341 e. The van der Waals surface area contributed by atoms with Crippen LogP contribution in [0.3, 0.4) is 0 Å². The second kappa shape index (κ2) is 12.3. The fraction of sp³-hybridized carbons (Fsp3) is 0.300. The number of pyridine rings is 2. The summed E-state index contributed by atoms with van der Waals surface area (Å²) in [5, 5.41) is 10.9. The van der Waals surface area contributed by atoms with Crippen molar-refractivity contribution in [2.24, 2.45) is 0 Å². The summed E-state index contributed by atoms with van der Waals surface area (Å²) in [5.41, 5.74) is 0.705. The summed E-state index contributed by atoms with van der Waals surface area (Å²) in [6, 6.07) is 5.71. The van der Waals surface area contributed by atoms with Crippen molar-refractivity contribution < 1.29 is 19.1 Å². The van der Waals surface area contributed by atoms with Crippen molar-refractivity contribution in [3.8, 4) is 0 Å². The van der Waals surface area contributed by atoms with Crippen molar-refractivity contribution in [1.82, 2.24) is 19.5 Å². The Bertz CT molecular complexity index is 1640. The van der Waals surface area contributed by atoms with Crippen LogP contribution in [0.5, 0.6) is 0 Å². The Kier molecular flexibility index (Phi) is 8.53. The molecule has 0 saturated carbocycles. The third-order valence-corrected chi connectivity index (χ3v) is 7.69. The van der Waals surface area contributed by atoms with Crippen LogP contribution in [0.2, 0.25) is 0 Å². The van der Waals surface area contributed by atoms with Crippen molar-refractivity contribution in [3.63, 3.8) is 0 Å². The molecule has 9 nitrogen and oxygen atoms in total. The molecule has 3 aliphatic rings. The van der Waals surface area contributed by atoms with Gasteiger partial charge in [0.05, 0.1) is 23.5 Å². The van der Waals surface area contributed by atoms with Crippen LogP contribution in [0.25, 0.3) is 17.8 Å². The smallest absolute Gasteiger partial charge is 0.341 e. The Hall–Kier alpha value is -3.99. The lowest BCUT2D eigenvalue weighted by atomic mass is 10.2. The van der Waals surface area contributed by atoms with Gasteiger partial charge >= 0.3 is 5.97 Å². The Balaban J connectivity index is 1.55. The minimum Gasteiger partial charge on any atom is -0.477 e. The van der Waals surface area contributed by atoms with E-state index < -0.39 is 28.2 Å². The highest BCUT2D eigenvalue weighted by molar-refractivity contribution is 6.26. The molecule has 2 aliphatic carbocycles. The van der Waals surface area contributed by atoms with E-state index in [1.54, 1.807) is 29.0 Å². The van der Waals surface area contributed by atoms with Crippen molar-refractivity contribution in [2.75, 3.05) is 51.8 Å². The molecule has 214 valence electrons. The van der Waals surface area contributed by atoms with Gasteiger partial charge in [0.15, 0.2) is 0 Å². The van der Waals surface area contributed by atoms with Crippen LogP contribution < -0.4 is 20.9 Å². The predicted molar refractivity (Wildman–Crippen MR) is 157 cm³/mol. The average molecular weight is 580 g/mol. The van der Waals surface area contributed by atoms with E-state index in [0.29, 0.717) is 50.2 Å². The van der Waals surface area contributed by atoms with E-state index >= 15 is 4.39 Å². The number of rotatable bonds is 7. The molecule has 0 spiro atoms. The number of halogens is 2. The molecule has 5 rings (SSSR count). The van der Waals surface area contributed by atoms with Crippen molar-refractivity contribution in [1.29, 1.82) is 0 Å². The van der Waals surface area contributed by atoms with Gasteiger partial charge in [0.25, 0.3) is 0 Å². The number of carbonyl (C=O) groups is 1. The first-order valence-electron chi connectivity index (χ1n) is 13.3. The number of hydroxylamine groups is 2. The van der Waals surface area contributed by atoms with Gasteiger partial charge < -0.3 is 24.3 Å². The molecule has 0 aromatic carbocycles. The number of fused-ring (bicyclic) bond motifs is 1.